The normalized spacial score (nSPS) is 18.7. The van der Waals surface area contributed by atoms with Crippen LogP contribution in [-0.4, -0.2) is 9.19 Å². The molecule has 0 aromatic carbocycles. The van der Waals surface area contributed by atoms with Gasteiger partial charge in [-0.3, -0.25) is 4.79 Å². The molecule has 5 heteroatoms. The predicted molar refractivity (Wildman–Crippen MR) is 54.6 cm³/mol. The molecule has 2 heterocycles. The van der Waals surface area contributed by atoms with Gasteiger partial charge in [-0.2, -0.15) is 0 Å². The van der Waals surface area contributed by atoms with E-state index in [4.69, 9.17) is 0 Å². The van der Waals surface area contributed by atoms with E-state index in [0.717, 1.165) is 5.69 Å². The molecule has 0 amide bonds. The van der Waals surface area contributed by atoms with Gasteiger partial charge >= 0.3 is 0 Å². The fourth-order valence-electron chi connectivity index (χ4n) is 1.20. The van der Waals surface area contributed by atoms with Crippen LogP contribution < -0.4 is 5.43 Å². The number of pyridine rings is 1. The minimum absolute atomic E-state index is 0.00886. The van der Waals surface area contributed by atoms with Crippen LogP contribution in [0, 0.1) is 6.92 Å². The molecule has 0 aliphatic carbocycles. The van der Waals surface area contributed by atoms with Gasteiger partial charge in [-0.15, -0.1) is 0 Å². The second-order valence-electron chi connectivity index (χ2n) is 2.71. The maximum Gasteiger partial charge on any atom is 0.199 e. The summed E-state index contributed by atoms with van der Waals surface area (Å²) in [5.41, 5.74) is 1.43. The van der Waals surface area contributed by atoms with Gasteiger partial charge in [-0.1, -0.05) is 0 Å². The van der Waals surface area contributed by atoms with Gasteiger partial charge in [-0.05, 0) is 27.9 Å². The van der Waals surface area contributed by atoms with Gasteiger partial charge in [-0.25, -0.2) is 4.21 Å². The third-order valence-corrected chi connectivity index (χ3v) is 4.50. The molecule has 13 heavy (non-hydrogen) atoms. The SMILES string of the molecule is Cc1c[nH]c2c(c1=O)S(=S=O)C=C2. The standard InChI is InChI=1S/C8H7NO2S2/c1-5-4-9-6-2-3-13(12-11)8(6)7(5)10/h2-4H,1H3,(H,9,10). The number of fused-ring (bicyclic) bond motifs is 1. The molecule has 0 saturated heterocycles. The maximum absolute atomic E-state index is 11.6. The molecule has 1 aliphatic heterocycles. The molecule has 2 rings (SSSR count). The maximum atomic E-state index is 11.6. The average molecular weight is 213 g/mol. The summed E-state index contributed by atoms with van der Waals surface area (Å²) < 4.78 is 10.7. The van der Waals surface area contributed by atoms with E-state index >= 15 is 0 Å². The molecule has 0 bridgehead atoms. The third kappa shape index (κ3) is 1.24. The lowest BCUT2D eigenvalue weighted by atomic mass is 10.2. The molecule has 0 fully saturated rings. The van der Waals surface area contributed by atoms with Crippen LogP contribution in [0.4, 0.5) is 0 Å². The molecular formula is C8H7NO2S2. The van der Waals surface area contributed by atoms with E-state index in [-0.39, 0.29) is 5.43 Å². The highest BCUT2D eigenvalue weighted by molar-refractivity contribution is 8.33. The van der Waals surface area contributed by atoms with Crippen LogP contribution in [0.25, 0.3) is 6.08 Å². The van der Waals surface area contributed by atoms with Gasteiger partial charge in [0.1, 0.15) is 10.2 Å². The fourth-order valence-corrected chi connectivity index (χ4v) is 3.40. The molecule has 3 nitrogen and oxygen atoms in total. The van der Waals surface area contributed by atoms with Gasteiger partial charge < -0.3 is 4.98 Å². The summed E-state index contributed by atoms with van der Waals surface area (Å²) in [6, 6.07) is 0. The first-order valence-electron chi connectivity index (χ1n) is 3.68. The van der Waals surface area contributed by atoms with Crippen molar-refractivity contribution in [3.05, 3.63) is 33.1 Å². The Balaban J connectivity index is 2.88. The quantitative estimate of drug-likeness (QED) is 0.692. The summed E-state index contributed by atoms with van der Waals surface area (Å²) in [4.78, 5) is 15.2. The molecule has 1 aliphatic rings. The lowest BCUT2D eigenvalue weighted by Crippen LogP contribution is -2.12. The first-order chi connectivity index (χ1) is 6.24. The summed E-state index contributed by atoms with van der Waals surface area (Å²) in [7, 11) is -0.125. The van der Waals surface area contributed by atoms with Crippen molar-refractivity contribution in [2.45, 2.75) is 11.8 Å². The Morgan fingerprint density at radius 2 is 2.31 bits per heavy atom. The van der Waals surface area contributed by atoms with Crippen LogP contribution in [0.5, 0.6) is 0 Å². The van der Waals surface area contributed by atoms with Crippen molar-refractivity contribution in [2.75, 3.05) is 0 Å². The summed E-state index contributed by atoms with van der Waals surface area (Å²) in [5.74, 6) is 0. The molecule has 1 N–H and O–H groups in total. The van der Waals surface area contributed by atoms with Gasteiger partial charge in [0.15, 0.2) is 5.43 Å². The zero-order valence-corrected chi connectivity index (χ0v) is 8.50. The monoisotopic (exact) mass is 213 g/mol. The van der Waals surface area contributed by atoms with Crippen molar-refractivity contribution in [1.82, 2.24) is 4.98 Å². The summed E-state index contributed by atoms with van der Waals surface area (Å²) >= 11 is 0. The zero-order valence-electron chi connectivity index (χ0n) is 6.87. The lowest BCUT2D eigenvalue weighted by Gasteiger charge is -1.98. The van der Waals surface area contributed by atoms with E-state index in [2.05, 4.69) is 4.98 Å². The smallest absolute Gasteiger partial charge is 0.199 e. The lowest BCUT2D eigenvalue weighted by molar-refractivity contribution is 0.701. The van der Waals surface area contributed by atoms with E-state index in [0.29, 0.717) is 20.7 Å². The topological polar surface area (TPSA) is 49.9 Å². The van der Waals surface area contributed by atoms with Crippen molar-refractivity contribution in [3.8, 4) is 0 Å². The number of aromatic nitrogens is 1. The first kappa shape index (κ1) is 8.65. The highest BCUT2D eigenvalue weighted by Crippen LogP contribution is 2.18. The number of rotatable bonds is 0. The van der Waals surface area contributed by atoms with Crippen LogP contribution in [0.15, 0.2) is 21.3 Å². The Morgan fingerprint density at radius 3 is 3.00 bits per heavy atom. The van der Waals surface area contributed by atoms with Crippen molar-refractivity contribution in [2.24, 2.45) is 0 Å². The third-order valence-electron chi connectivity index (χ3n) is 1.89. The van der Waals surface area contributed by atoms with Crippen molar-refractivity contribution >= 4 is 25.8 Å². The van der Waals surface area contributed by atoms with E-state index in [1.807, 2.05) is 0 Å². The molecule has 0 saturated carbocycles. The van der Waals surface area contributed by atoms with Gasteiger partial charge in [0, 0.05) is 11.8 Å². The van der Waals surface area contributed by atoms with Crippen LogP contribution in [0.1, 0.15) is 11.3 Å². The highest BCUT2D eigenvalue weighted by Gasteiger charge is 2.15. The minimum atomic E-state index is -0.594. The molecule has 1 aromatic heterocycles. The van der Waals surface area contributed by atoms with Crippen LogP contribution in [-0.2, 0) is 19.7 Å². The molecule has 68 valence electrons. The molecule has 1 atom stereocenters. The van der Waals surface area contributed by atoms with Gasteiger partial charge in [0.25, 0.3) is 0 Å². The second-order valence-corrected chi connectivity index (χ2v) is 5.61. The van der Waals surface area contributed by atoms with Crippen molar-refractivity contribution < 1.29 is 4.21 Å². The first-order valence-corrected chi connectivity index (χ1v) is 6.22. The number of hydrogen-bond acceptors (Lipinski definition) is 2. The summed E-state index contributed by atoms with van der Waals surface area (Å²) in [5, 5.41) is 1.78. The Morgan fingerprint density at radius 1 is 1.54 bits per heavy atom. The largest absolute Gasteiger partial charge is 0.360 e. The summed E-state index contributed by atoms with van der Waals surface area (Å²) in [6.45, 7) is 1.74. The zero-order chi connectivity index (χ0) is 9.42. The highest BCUT2D eigenvalue weighted by atomic mass is 32.8. The second kappa shape index (κ2) is 3.08. The Kier molecular flexibility index (Phi) is 2.05. The number of aryl methyl sites for hydroxylation is 1. The molecule has 1 aromatic rings. The molecule has 0 spiro atoms. The predicted octanol–water partition coefficient (Wildman–Crippen LogP) is 0.773. The van der Waals surface area contributed by atoms with E-state index in [9.17, 15) is 9.00 Å². The Labute approximate surface area is 80.2 Å². The van der Waals surface area contributed by atoms with E-state index in [1.54, 1.807) is 24.6 Å². The van der Waals surface area contributed by atoms with Crippen LogP contribution in [0.3, 0.4) is 0 Å². The minimum Gasteiger partial charge on any atom is -0.360 e. The molecular weight excluding hydrogens is 206 g/mol. The summed E-state index contributed by atoms with van der Waals surface area (Å²) in [6.07, 6.45) is 3.47. The van der Waals surface area contributed by atoms with E-state index in [1.165, 1.54) is 0 Å². The van der Waals surface area contributed by atoms with E-state index < -0.39 is 9.45 Å². The number of H-pyrrole nitrogens is 1. The van der Waals surface area contributed by atoms with Crippen LogP contribution in [0.2, 0.25) is 0 Å². The van der Waals surface area contributed by atoms with Gasteiger partial charge in [0.2, 0.25) is 0 Å². The number of aromatic amines is 1. The van der Waals surface area contributed by atoms with Crippen molar-refractivity contribution in [3.63, 3.8) is 0 Å². The fraction of sp³-hybridized carbons (Fsp3) is 0.125. The number of hydrogen-bond donors (Lipinski definition) is 1. The molecule has 1 unspecified atom stereocenters. The Hall–Kier alpha value is -0.940. The van der Waals surface area contributed by atoms with Gasteiger partial charge in [0.05, 0.1) is 10.6 Å². The number of nitrogens with one attached hydrogen (secondary N) is 1. The van der Waals surface area contributed by atoms with Crippen LogP contribution >= 0.6 is 0 Å². The average Bonchev–Trinajstić information content (AvgIpc) is 2.55. The molecule has 0 radical (unpaired) electrons. The van der Waals surface area contributed by atoms with Crippen molar-refractivity contribution in [1.29, 1.82) is 0 Å². The Bertz CT molecular complexity index is 509.